The number of amides is 1. The number of carbonyl (C=O) groups excluding carboxylic acids is 1. The van der Waals surface area contributed by atoms with Gasteiger partial charge in [-0.1, -0.05) is 6.42 Å². The summed E-state index contributed by atoms with van der Waals surface area (Å²) in [6, 6.07) is 0.662. The van der Waals surface area contributed by atoms with E-state index in [1.165, 1.54) is 25.8 Å². The fraction of sp³-hybridized carbons (Fsp3) is 0.923. The second kappa shape index (κ2) is 9.30. The number of methoxy groups -OCH3 is 1. The van der Waals surface area contributed by atoms with Gasteiger partial charge in [0.25, 0.3) is 0 Å². The first-order valence-corrected chi connectivity index (χ1v) is 6.94. The maximum absolute atomic E-state index is 11.5. The summed E-state index contributed by atoms with van der Waals surface area (Å²) in [7, 11) is 1.65. The fourth-order valence-corrected chi connectivity index (χ4v) is 2.27. The van der Waals surface area contributed by atoms with E-state index >= 15 is 0 Å². The van der Waals surface area contributed by atoms with E-state index in [-0.39, 0.29) is 5.91 Å². The molecule has 0 saturated carbocycles. The number of rotatable bonds is 8. The van der Waals surface area contributed by atoms with Gasteiger partial charge in [0.2, 0.25) is 5.91 Å². The predicted octanol–water partition coefficient (Wildman–Crippen LogP) is 0.213. The number of nitrogens with one attached hydrogen (secondary N) is 2. The van der Waals surface area contributed by atoms with Gasteiger partial charge in [0.15, 0.2) is 0 Å². The summed E-state index contributed by atoms with van der Waals surface area (Å²) < 4.78 is 4.90. The number of hydrogen-bond donors (Lipinski definition) is 2. The molecule has 18 heavy (non-hydrogen) atoms. The largest absolute Gasteiger partial charge is 0.383 e. The second-order valence-electron chi connectivity index (χ2n) is 4.90. The van der Waals surface area contributed by atoms with Gasteiger partial charge in [-0.3, -0.25) is 9.69 Å². The molecule has 5 nitrogen and oxygen atoms in total. The van der Waals surface area contributed by atoms with E-state index in [4.69, 9.17) is 4.74 Å². The SMILES string of the molecule is COCCNCC(=O)NCCN1CCCCC1C. The number of likely N-dealkylation sites (tertiary alicyclic amines) is 1. The summed E-state index contributed by atoms with van der Waals surface area (Å²) in [6.45, 7) is 6.88. The van der Waals surface area contributed by atoms with Gasteiger partial charge < -0.3 is 15.4 Å². The molecule has 1 amide bonds. The molecule has 0 radical (unpaired) electrons. The third-order valence-corrected chi connectivity index (χ3v) is 3.43. The topological polar surface area (TPSA) is 53.6 Å². The molecule has 106 valence electrons. The Morgan fingerprint density at radius 2 is 2.22 bits per heavy atom. The van der Waals surface area contributed by atoms with Gasteiger partial charge in [0.05, 0.1) is 13.2 Å². The van der Waals surface area contributed by atoms with E-state index in [1.807, 2.05) is 0 Å². The highest BCUT2D eigenvalue weighted by Gasteiger charge is 2.17. The van der Waals surface area contributed by atoms with E-state index in [0.717, 1.165) is 13.1 Å². The van der Waals surface area contributed by atoms with Gasteiger partial charge in [0.1, 0.15) is 0 Å². The van der Waals surface area contributed by atoms with Crippen LogP contribution in [0.4, 0.5) is 0 Å². The van der Waals surface area contributed by atoms with Crippen LogP contribution in [0.2, 0.25) is 0 Å². The van der Waals surface area contributed by atoms with E-state index in [2.05, 4.69) is 22.5 Å². The van der Waals surface area contributed by atoms with Crippen molar-refractivity contribution < 1.29 is 9.53 Å². The van der Waals surface area contributed by atoms with Crippen LogP contribution < -0.4 is 10.6 Å². The number of nitrogens with zero attached hydrogens (tertiary/aromatic N) is 1. The zero-order valence-electron chi connectivity index (χ0n) is 11.7. The molecule has 0 aromatic rings. The number of carbonyl (C=O) groups is 1. The summed E-state index contributed by atoms with van der Waals surface area (Å²) in [4.78, 5) is 14.0. The van der Waals surface area contributed by atoms with Gasteiger partial charge in [-0.25, -0.2) is 0 Å². The highest BCUT2D eigenvalue weighted by molar-refractivity contribution is 5.77. The minimum Gasteiger partial charge on any atom is -0.383 e. The fourth-order valence-electron chi connectivity index (χ4n) is 2.27. The number of ether oxygens (including phenoxy) is 1. The highest BCUT2D eigenvalue weighted by atomic mass is 16.5. The van der Waals surface area contributed by atoms with Crippen molar-refractivity contribution in [2.75, 3.05) is 46.4 Å². The molecule has 1 rings (SSSR count). The third-order valence-electron chi connectivity index (χ3n) is 3.43. The quantitative estimate of drug-likeness (QED) is 0.611. The van der Waals surface area contributed by atoms with Crippen LogP contribution in [0.25, 0.3) is 0 Å². The van der Waals surface area contributed by atoms with E-state index in [0.29, 0.717) is 25.7 Å². The average Bonchev–Trinajstić information content (AvgIpc) is 2.37. The summed E-state index contributed by atoms with van der Waals surface area (Å²) in [6.07, 6.45) is 3.91. The van der Waals surface area contributed by atoms with Crippen LogP contribution in [0.3, 0.4) is 0 Å². The van der Waals surface area contributed by atoms with Crippen molar-refractivity contribution in [3.63, 3.8) is 0 Å². The van der Waals surface area contributed by atoms with E-state index < -0.39 is 0 Å². The van der Waals surface area contributed by atoms with Gasteiger partial charge in [0, 0.05) is 32.8 Å². The summed E-state index contributed by atoms with van der Waals surface area (Å²) in [5.41, 5.74) is 0. The van der Waals surface area contributed by atoms with Crippen LogP contribution >= 0.6 is 0 Å². The lowest BCUT2D eigenvalue weighted by atomic mass is 10.0. The molecule has 0 aliphatic carbocycles. The van der Waals surface area contributed by atoms with Crippen LogP contribution in [0.5, 0.6) is 0 Å². The maximum Gasteiger partial charge on any atom is 0.234 e. The van der Waals surface area contributed by atoms with E-state index in [9.17, 15) is 4.79 Å². The third kappa shape index (κ3) is 6.33. The highest BCUT2D eigenvalue weighted by Crippen LogP contribution is 2.15. The lowest BCUT2D eigenvalue weighted by Crippen LogP contribution is -2.44. The molecule has 2 N–H and O–H groups in total. The smallest absolute Gasteiger partial charge is 0.234 e. The van der Waals surface area contributed by atoms with Crippen molar-refractivity contribution in [1.82, 2.24) is 15.5 Å². The molecule has 0 bridgehead atoms. The van der Waals surface area contributed by atoms with Gasteiger partial charge >= 0.3 is 0 Å². The zero-order chi connectivity index (χ0) is 13.2. The Morgan fingerprint density at radius 3 is 2.94 bits per heavy atom. The first-order chi connectivity index (χ1) is 8.74. The Labute approximate surface area is 110 Å². The Kier molecular flexibility index (Phi) is 7.96. The predicted molar refractivity (Wildman–Crippen MR) is 72.6 cm³/mol. The molecule has 1 saturated heterocycles. The first kappa shape index (κ1) is 15.4. The molecule has 5 heteroatoms. The van der Waals surface area contributed by atoms with Gasteiger partial charge in [-0.05, 0) is 26.3 Å². The van der Waals surface area contributed by atoms with Crippen LogP contribution in [0.1, 0.15) is 26.2 Å². The lowest BCUT2D eigenvalue weighted by Gasteiger charge is -2.33. The van der Waals surface area contributed by atoms with Crippen molar-refractivity contribution in [1.29, 1.82) is 0 Å². The molecule has 0 spiro atoms. The van der Waals surface area contributed by atoms with Gasteiger partial charge in [-0.15, -0.1) is 0 Å². The molecule has 1 aliphatic heterocycles. The number of hydrogen-bond acceptors (Lipinski definition) is 4. The monoisotopic (exact) mass is 257 g/mol. The molecule has 1 heterocycles. The molecule has 0 aromatic heterocycles. The Bertz CT molecular complexity index is 236. The van der Waals surface area contributed by atoms with Crippen molar-refractivity contribution in [2.45, 2.75) is 32.2 Å². The van der Waals surface area contributed by atoms with Crippen LogP contribution in [0, 0.1) is 0 Å². The molecule has 1 fully saturated rings. The Hall–Kier alpha value is -0.650. The summed E-state index contributed by atoms with van der Waals surface area (Å²) >= 11 is 0. The van der Waals surface area contributed by atoms with Crippen molar-refractivity contribution in [3.8, 4) is 0 Å². The van der Waals surface area contributed by atoms with Crippen molar-refractivity contribution in [3.05, 3.63) is 0 Å². The summed E-state index contributed by atoms with van der Waals surface area (Å²) in [5.74, 6) is 0.0655. The molecule has 1 aliphatic rings. The van der Waals surface area contributed by atoms with Gasteiger partial charge in [-0.2, -0.15) is 0 Å². The number of piperidine rings is 1. The minimum atomic E-state index is 0.0655. The standard InChI is InChI=1S/C13H27N3O2/c1-12-5-3-4-8-16(12)9-6-15-13(17)11-14-7-10-18-2/h12,14H,3-11H2,1-2H3,(H,15,17). The molecular weight excluding hydrogens is 230 g/mol. The van der Waals surface area contributed by atoms with Crippen LogP contribution in [0.15, 0.2) is 0 Å². The Balaban J connectivity index is 2.00. The zero-order valence-corrected chi connectivity index (χ0v) is 11.7. The van der Waals surface area contributed by atoms with Crippen LogP contribution in [-0.4, -0.2) is 63.3 Å². The van der Waals surface area contributed by atoms with Crippen LogP contribution in [-0.2, 0) is 9.53 Å². The van der Waals surface area contributed by atoms with Crippen molar-refractivity contribution >= 4 is 5.91 Å². The molecule has 1 unspecified atom stereocenters. The normalized spacial score (nSPS) is 20.9. The summed E-state index contributed by atoms with van der Waals surface area (Å²) in [5, 5.41) is 5.98. The lowest BCUT2D eigenvalue weighted by molar-refractivity contribution is -0.120. The first-order valence-electron chi connectivity index (χ1n) is 6.94. The minimum absolute atomic E-state index is 0.0655. The molecule has 0 aromatic carbocycles. The second-order valence-corrected chi connectivity index (χ2v) is 4.90. The molecular formula is C13H27N3O2. The van der Waals surface area contributed by atoms with Crippen molar-refractivity contribution in [2.24, 2.45) is 0 Å². The van der Waals surface area contributed by atoms with E-state index in [1.54, 1.807) is 7.11 Å². The average molecular weight is 257 g/mol. The Morgan fingerprint density at radius 1 is 1.39 bits per heavy atom. The molecule has 1 atom stereocenters. The maximum atomic E-state index is 11.5.